The molecule has 0 radical (unpaired) electrons. The molecule has 0 saturated heterocycles. The van der Waals surface area contributed by atoms with Crippen LogP contribution in [-0.4, -0.2) is 23.7 Å². The van der Waals surface area contributed by atoms with Crippen molar-refractivity contribution in [1.29, 1.82) is 0 Å². The van der Waals surface area contributed by atoms with Crippen molar-refractivity contribution < 1.29 is 9.50 Å². The van der Waals surface area contributed by atoms with Gasteiger partial charge < -0.3 is 10.0 Å². The smallest absolute Gasteiger partial charge is 0.146 e. The molecule has 0 unspecified atom stereocenters. The second-order valence-electron chi connectivity index (χ2n) is 4.91. The molecule has 0 spiro atoms. The maximum Gasteiger partial charge on any atom is 0.146 e. The zero-order valence-electron chi connectivity index (χ0n) is 11.8. The number of hydrogen-bond acceptors (Lipinski definition) is 3. The first kappa shape index (κ1) is 14.5. The Kier molecular flexibility index (Phi) is 4.69. The molecule has 0 aliphatic rings. The first-order chi connectivity index (χ1) is 9.58. The molecule has 0 amide bonds. The number of likely N-dealkylation sites (N-methyl/N-ethyl adjacent to an activating group) is 1. The monoisotopic (exact) mass is 274 g/mol. The number of aliphatic hydroxyl groups excluding tert-OH is 1. The Balaban J connectivity index is 2.04. The van der Waals surface area contributed by atoms with E-state index in [1.165, 1.54) is 11.6 Å². The molecule has 2 aromatic rings. The highest BCUT2D eigenvalue weighted by Crippen LogP contribution is 2.22. The van der Waals surface area contributed by atoms with E-state index in [9.17, 15) is 9.50 Å². The lowest BCUT2D eigenvalue weighted by molar-refractivity contribution is 0.199. The second-order valence-corrected chi connectivity index (χ2v) is 4.91. The van der Waals surface area contributed by atoms with E-state index < -0.39 is 6.10 Å². The fraction of sp³-hybridized carbons (Fsp3) is 0.312. The number of aromatic nitrogens is 1. The Hall–Kier alpha value is -1.94. The van der Waals surface area contributed by atoms with Crippen molar-refractivity contribution >= 4 is 5.69 Å². The van der Waals surface area contributed by atoms with Crippen LogP contribution >= 0.6 is 0 Å². The van der Waals surface area contributed by atoms with E-state index in [2.05, 4.69) is 4.98 Å². The molecule has 1 N–H and O–H groups in total. The molecule has 2 rings (SSSR count). The van der Waals surface area contributed by atoms with Crippen LogP contribution in [0.3, 0.4) is 0 Å². The molecule has 3 nitrogen and oxygen atoms in total. The molecule has 4 heteroatoms. The first-order valence-electron chi connectivity index (χ1n) is 6.65. The van der Waals surface area contributed by atoms with Crippen molar-refractivity contribution in [3.05, 3.63) is 59.7 Å². The van der Waals surface area contributed by atoms with Crippen LogP contribution < -0.4 is 4.90 Å². The molecular weight excluding hydrogens is 255 g/mol. The third-order valence-corrected chi connectivity index (χ3v) is 3.35. The van der Waals surface area contributed by atoms with E-state index in [0.717, 1.165) is 13.0 Å². The van der Waals surface area contributed by atoms with Gasteiger partial charge in [0.2, 0.25) is 0 Å². The van der Waals surface area contributed by atoms with Gasteiger partial charge in [0.25, 0.3) is 0 Å². The van der Waals surface area contributed by atoms with Crippen LogP contribution in [0.1, 0.15) is 24.2 Å². The van der Waals surface area contributed by atoms with Gasteiger partial charge >= 0.3 is 0 Å². The van der Waals surface area contributed by atoms with Gasteiger partial charge in [-0.05, 0) is 48.7 Å². The van der Waals surface area contributed by atoms with Gasteiger partial charge in [0.15, 0.2) is 0 Å². The standard InChI is InChI=1S/C16H19FN2O/c1-12(20)14-3-4-16(15(17)11-14)19(2)10-7-13-5-8-18-9-6-13/h3-6,8-9,11-12,20H,7,10H2,1-2H3/t12-/m1/s1. The van der Waals surface area contributed by atoms with E-state index in [1.54, 1.807) is 31.5 Å². The van der Waals surface area contributed by atoms with E-state index in [1.807, 2.05) is 24.1 Å². The molecule has 0 fully saturated rings. The highest BCUT2D eigenvalue weighted by Gasteiger charge is 2.10. The quantitative estimate of drug-likeness (QED) is 0.910. The lowest BCUT2D eigenvalue weighted by Gasteiger charge is -2.20. The fourth-order valence-electron chi connectivity index (χ4n) is 2.06. The number of aliphatic hydroxyl groups is 1. The van der Waals surface area contributed by atoms with Crippen molar-refractivity contribution in [1.82, 2.24) is 4.98 Å². The molecule has 20 heavy (non-hydrogen) atoms. The van der Waals surface area contributed by atoms with Gasteiger partial charge in [0, 0.05) is 26.0 Å². The summed E-state index contributed by atoms with van der Waals surface area (Å²) in [5, 5.41) is 9.44. The van der Waals surface area contributed by atoms with Gasteiger partial charge in [-0.3, -0.25) is 4.98 Å². The number of halogens is 1. The predicted molar refractivity (Wildman–Crippen MR) is 78.2 cm³/mol. The molecule has 0 bridgehead atoms. The number of benzene rings is 1. The van der Waals surface area contributed by atoms with Crippen molar-refractivity contribution in [3.63, 3.8) is 0 Å². The zero-order valence-corrected chi connectivity index (χ0v) is 11.8. The van der Waals surface area contributed by atoms with Crippen LogP contribution in [-0.2, 0) is 6.42 Å². The lowest BCUT2D eigenvalue weighted by Crippen LogP contribution is -2.21. The third-order valence-electron chi connectivity index (χ3n) is 3.35. The van der Waals surface area contributed by atoms with E-state index in [-0.39, 0.29) is 5.82 Å². The molecule has 106 valence electrons. The Morgan fingerprint density at radius 2 is 1.95 bits per heavy atom. The van der Waals surface area contributed by atoms with Gasteiger partial charge in [0.1, 0.15) is 5.82 Å². The predicted octanol–water partition coefficient (Wildman–Crippen LogP) is 2.95. The molecule has 1 atom stereocenters. The lowest BCUT2D eigenvalue weighted by atomic mass is 10.1. The summed E-state index contributed by atoms with van der Waals surface area (Å²) < 4.78 is 14.0. The minimum atomic E-state index is -0.652. The van der Waals surface area contributed by atoms with Crippen LogP contribution in [0.25, 0.3) is 0 Å². The Bertz CT molecular complexity index is 558. The minimum Gasteiger partial charge on any atom is -0.389 e. The van der Waals surface area contributed by atoms with Gasteiger partial charge in [-0.15, -0.1) is 0 Å². The summed E-state index contributed by atoms with van der Waals surface area (Å²) in [5.41, 5.74) is 2.31. The molecular formula is C16H19FN2O. The van der Waals surface area contributed by atoms with E-state index >= 15 is 0 Å². The zero-order chi connectivity index (χ0) is 14.5. The molecule has 0 aliphatic heterocycles. The number of nitrogens with zero attached hydrogens (tertiary/aromatic N) is 2. The maximum absolute atomic E-state index is 14.0. The van der Waals surface area contributed by atoms with E-state index in [0.29, 0.717) is 11.3 Å². The average Bonchev–Trinajstić information content (AvgIpc) is 2.45. The van der Waals surface area contributed by atoms with Crippen molar-refractivity contribution in [2.24, 2.45) is 0 Å². The third kappa shape index (κ3) is 3.54. The fourth-order valence-corrected chi connectivity index (χ4v) is 2.06. The first-order valence-corrected chi connectivity index (χ1v) is 6.65. The van der Waals surface area contributed by atoms with Crippen molar-refractivity contribution in [2.45, 2.75) is 19.4 Å². The molecule has 1 aromatic carbocycles. The summed E-state index contributed by atoms with van der Waals surface area (Å²) in [6.07, 6.45) is 3.69. The SMILES string of the molecule is C[C@@H](O)c1ccc(N(C)CCc2ccncc2)c(F)c1. The molecule has 1 aromatic heterocycles. The van der Waals surface area contributed by atoms with Crippen LogP contribution in [0.5, 0.6) is 0 Å². The van der Waals surface area contributed by atoms with Crippen LogP contribution in [0.2, 0.25) is 0 Å². The summed E-state index contributed by atoms with van der Waals surface area (Å²) in [6, 6.07) is 8.78. The summed E-state index contributed by atoms with van der Waals surface area (Å²) in [6.45, 7) is 2.34. The van der Waals surface area contributed by atoms with Crippen molar-refractivity contribution in [2.75, 3.05) is 18.5 Å². The summed E-state index contributed by atoms with van der Waals surface area (Å²) in [7, 11) is 1.86. The Morgan fingerprint density at radius 3 is 2.55 bits per heavy atom. The highest BCUT2D eigenvalue weighted by atomic mass is 19.1. The number of rotatable bonds is 5. The summed E-state index contributed by atoms with van der Waals surface area (Å²) in [4.78, 5) is 5.85. The molecule has 0 saturated carbocycles. The topological polar surface area (TPSA) is 36.4 Å². The van der Waals surface area contributed by atoms with Gasteiger partial charge in [-0.25, -0.2) is 4.39 Å². The normalized spacial score (nSPS) is 12.2. The summed E-state index contributed by atoms with van der Waals surface area (Å²) >= 11 is 0. The van der Waals surface area contributed by atoms with Crippen LogP contribution in [0, 0.1) is 5.82 Å². The summed E-state index contributed by atoms with van der Waals surface area (Å²) in [5.74, 6) is -0.305. The Morgan fingerprint density at radius 1 is 1.25 bits per heavy atom. The van der Waals surface area contributed by atoms with Gasteiger partial charge in [-0.2, -0.15) is 0 Å². The van der Waals surface area contributed by atoms with Crippen LogP contribution in [0.15, 0.2) is 42.7 Å². The van der Waals surface area contributed by atoms with Gasteiger partial charge in [0.05, 0.1) is 11.8 Å². The van der Waals surface area contributed by atoms with E-state index in [4.69, 9.17) is 0 Å². The number of anilines is 1. The average molecular weight is 274 g/mol. The maximum atomic E-state index is 14.0. The highest BCUT2D eigenvalue weighted by molar-refractivity contribution is 5.49. The largest absolute Gasteiger partial charge is 0.389 e. The van der Waals surface area contributed by atoms with Crippen molar-refractivity contribution in [3.8, 4) is 0 Å². The molecule has 1 heterocycles. The van der Waals surface area contributed by atoms with Crippen LogP contribution in [0.4, 0.5) is 10.1 Å². The molecule has 0 aliphatic carbocycles. The second kappa shape index (κ2) is 6.48. The van der Waals surface area contributed by atoms with Gasteiger partial charge in [-0.1, -0.05) is 6.07 Å². The number of hydrogen-bond donors (Lipinski definition) is 1. The Labute approximate surface area is 118 Å². The minimum absolute atomic E-state index is 0.305. The number of pyridine rings is 1.